The molecule has 0 aliphatic heterocycles. The molecule has 1 unspecified atom stereocenters. The van der Waals surface area contributed by atoms with Gasteiger partial charge in [-0.15, -0.1) is 0 Å². The normalized spacial score (nSPS) is 13.6. The first-order valence-electron chi connectivity index (χ1n) is 5.64. The topological polar surface area (TPSA) is 72.2 Å². The van der Waals surface area contributed by atoms with Gasteiger partial charge in [0, 0.05) is 6.54 Å². The number of hydrogen-bond donors (Lipinski definition) is 2. The minimum absolute atomic E-state index is 0.135. The number of rotatable bonds is 5. The summed E-state index contributed by atoms with van der Waals surface area (Å²) in [6.07, 6.45) is 0. The third kappa shape index (κ3) is 3.80. The van der Waals surface area contributed by atoms with Crippen molar-refractivity contribution in [1.82, 2.24) is 4.72 Å². The van der Waals surface area contributed by atoms with Crippen LogP contribution < -0.4 is 10.5 Å². The Hall–Kier alpha value is -0.910. The van der Waals surface area contributed by atoms with Crippen LogP contribution in [0.4, 0.5) is 0 Å². The molecule has 4 nitrogen and oxygen atoms in total. The molecule has 0 aromatic heterocycles. The number of nitrogens with one attached hydrogen (secondary N) is 1. The summed E-state index contributed by atoms with van der Waals surface area (Å²) in [6, 6.07) is 5.30. The van der Waals surface area contributed by atoms with Crippen LogP contribution in [-0.2, 0) is 10.0 Å². The molecule has 5 heteroatoms. The lowest BCUT2D eigenvalue weighted by molar-refractivity contribution is 0.544. The monoisotopic (exact) mass is 256 g/mol. The molecule has 1 aromatic carbocycles. The molecule has 0 saturated heterocycles. The van der Waals surface area contributed by atoms with E-state index in [4.69, 9.17) is 5.73 Å². The van der Waals surface area contributed by atoms with Gasteiger partial charge in [-0.2, -0.15) is 0 Å². The van der Waals surface area contributed by atoms with Crippen LogP contribution in [0, 0.1) is 19.8 Å². The van der Waals surface area contributed by atoms with E-state index < -0.39 is 10.0 Å². The Kier molecular flexibility index (Phi) is 4.68. The van der Waals surface area contributed by atoms with Crippen molar-refractivity contribution in [3.8, 4) is 0 Å². The number of benzene rings is 1. The third-order valence-corrected chi connectivity index (χ3v) is 4.23. The molecule has 1 atom stereocenters. The van der Waals surface area contributed by atoms with E-state index in [-0.39, 0.29) is 5.92 Å². The summed E-state index contributed by atoms with van der Waals surface area (Å²) in [5, 5.41) is 0. The van der Waals surface area contributed by atoms with Crippen LogP contribution in [0.2, 0.25) is 0 Å². The van der Waals surface area contributed by atoms with Gasteiger partial charge in [-0.05, 0) is 37.9 Å². The first-order valence-corrected chi connectivity index (χ1v) is 7.12. The van der Waals surface area contributed by atoms with E-state index in [0.29, 0.717) is 18.0 Å². The molecule has 96 valence electrons. The first-order chi connectivity index (χ1) is 7.86. The smallest absolute Gasteiger partial charge is 0.240 e. The molecule has 0 heterocycles. The van der Waals surface area contributed by atoms with Gasteiger partial charge in [-0.1, -0.05) is 24.6 Å². The highest BCUT2D eigenvalue weighted by Gasteiger charge is 2.16. The Labute approximate surface area is 103 Å². The highest BCUT2D eigenvalue weighted by atomic mass is 32.2. The van der Waals surface area contributed by atoms with E-state index in [1.54, 1.807) is 19.1 Å². The molecule has 0 spiro atoms. The predicted molar refractivity (Wildman–Crippen MR) is 69.3 cm³/mol. The van der Waals surface area contributed by atoms with Crippen LogP contribution >= 0.6 is 0 Å². The fourth-order valence-corrected chi connectivity index (χ4v) is 2.90. The molecule has 1 rings (SSSR count). The quantitative estimate of drug-likeness (QED) is 0.831. The maximum absolute atomic E-state index is 12.0. The molecular weight excluding hydrogens is 236 g/mol. The summed E-state index contributed by atoms with van der Waals surface area (Å²) in [5.74, 6) is 0.135. The van der Waals surface area contributed by atoms with Crippen molar-refractivity contribution in [2.45, 2.75) is 25.7 Å². The van der Waals surface area contributed by atoms with E-state index in [1.807, 2.05) is 19.9 Å². The predicted octanol–water partition coefficient (Wildman–Crippen LogP) is 1.18. The molecule has 0 radical (unpaired) electrons. The summed E-state index contributed by atoms with van der Waals surface area (Å²) in [5.41, 5.74) is 7.27. The molecular formula is C12H20N2O2S. The minimum atomic E-state index is -3.42. The van der Waals surface area contributed by atoms with Crippen LogP contribution in [0.5, 0.6) is 0 Å². The summed E-state index contributed by atoms with van der Waals surface area (Å²) < 4.78 is 26.6. The van der Waals surface area contributed by atoms with Crippen molar-refractivity contribution in [1.29, 1.82) is 0 Å². The standard InChI is InChI=1S/C12H20N2O2S/c1-9-4-5-12(11(3)6-9)17(15,16)14-8-10(2)7-13/h4-6,10,14H,7-8,13H2,1-3H3. The molecule has 3 N–H and O–H groups in total. The lowest BCUT2D eigenvalue weighted by Gasteiger charge is -2.12. The van der Waals surface area contributed by atoms with Crippen molar-refractivity contribution in [2.24, 2.45) is 11.7 Å². The van der Waals surface area contributed by atoms with Crippen LogP contribution in [0.25, 0.3) is 0 Å². The second kappa shape index (κ2) is 5.62. The Bertz CT molecular complexity index is 483. The summed E-state index contributed by atoms with van der Waals surface area (Å²) in [4.78, 5) is 0.340. The molecule has 0 saturated carbocycles. The summed E-state index contributed by atoms with van der Waals surface area (Å²) >= 11 is 0. The van der Waals surface area contributed by atoms with Gasteiger partial charge in [-0.3, -0.25) is 0 Å². The minimum Gasteiger partial charge on any atom is -0.330 e. The fraction of sp³-hybridized carbons (Fsp3) is 0.500. The first kappa shape index (κ1) is 14.2. The lowest BCUT2D eigenvalue weighted by Crippen LogP contribution is -2.31. The van der Waals surface area contributed by atoms with Gasteiger partial charge < -0.3 is 5.73 Å². The second-order valence-corrected chi connectivity index (χ2v) is 6.20. The largest absolute Gasteiger partial charge is 0.330 e. The van der Waals surface area contributed by atoms with Crippen LogP contribution in [-0.4, -0.2) is 21.5 Å². The molecule has 0 amide bonds. The Morgan fingerprint density at radius 3 is 2.53 bits per heavy atom. The molecule has 0 fully saturated rings. The van der Waals surface area contributed by atoms with E-state index in [1.165, 1.54) is 0 Å². The number of hydrogen-bond acceptors (Lipinski definition) is 3. The van der Waals surface area contributed by atoms with Gasteiger partial charge in [0.15, 0.2) is 0 Å². The Morgan fingerprint density at radius 2 is 2.00 bits per heavy atom. The number of nitrogens with two attached hydrogens (primary N) is 1. The van der Waals surface area contributed by atoms with Gasteiger partial charge >= 0.3 is 0 Å². The fourth-order valence-electron chi connectivity index (χ4n) is 1.51. The van der Waals surface area contributed by atoms with Crippen molar-refractivity contribution in [3.63, 3.8) is 0 Å². The van der Waals surface area contributed by atoms with Crippen molar-refractivity contribution >= 4 is 10.0 Å². The SMILES string of the molecule is Cc1ccc(S(=O)(=O)NCC(C)CN)c(C)c1. The van der Waals surface area contributed by atoms with Gasteiger partial charge in [0.1, 0.15) is 0 Å². The van der Waals surface area contributed by atoms with Crippen LogP contribution in [0.15, 0.2) is 23.1 Å². The molecule has 0 bridgehead atoms. The zero-order valence-electron chi connectivity index (χ0n) is 10.5. The summed E-state index contributed by atoms with van der Waals surface area (Å²) in [6.45, 7) is 6.48. The molecule has 1 aromatic rings. The zero-order chi connectivity index (χ0) is 13.1. The van der Waals surface area contributed by atoms with Crippen LogP contribution in [0.1, 0.15) is 18.1 Å². The lowest BCUT2D eigenvalue weighted by atomic mass is 10.2. The van der Waals surface area contributed by atoms with E-state index in [2.05, 4.69) is 4.72 Å². The average molecular weight is 256 g/mol. The zero-order valence-corrected chi connectivity index (χ0v) is 11.3. The van der Waals surface area contributed by atoms with E-state index >= 15 is 0 Å². The molecule has 17 heavy (non-hydrogen) atoms. The third-order valence-electron chi connectivity index (χ3n) is 2.64. The Morgan fingerprint density at radius 1 is 1.35 bits per heavy atom. The van der Waals surface area contributed by atoms with Crippen molar-refractivity contribution in [3.05, 3.63) is 29.3 Å². The van der Waals surface area contributed by atoms with Gasteiger partial charge in [-0.25, -0.2) is 13.1 Å². The highest BCUT2D eigenvalue weighted by molar-refractivity contribution is 7.89. The molecule has 0 aliphatic carbocycles. The number of aryl methyl sites for hydroxylation is 2. The molecule has 0 aliphatic rings. The van der Waals surface area contributed by atoms with Gasteiger partial charge in [0.05, 0.1) is 4.90 Å². The van der Waals surface area contributed by atoms with Gasteiger partial charge in [0.2, 0.25) is 10.0 Å². The average Bonchev–Trinajstić information content (AvgIpc) is 2.25. The Balaban J connectivity index is 2.90. The second-order valence-electron chi connectivity index (χ2n) is 4.46. The van der Waals surface area contributed by atoms with Crippen molar-refractivity contribution < 1.29 is 8.42 Å². The van der Waals surface area contributed by atoms with E-state index in [0.717, 1.165) is 11.1 Å². The number of sulfonamides is 1. The van der Waals surface area contributed by atoms with Crippen LogP contribution in [0.3, 0.4) is 0 Å². The maximum Gasteiger partial charge on any atom is 0.240 e. The van der Waals surface area contributed by atoms with Crippen molar-refractivity contribution in [2.75, 3.05) is 13.1 Å². The highest BCUT2D eigenvalue weighted by Crippen LogP contribution is 2.16. The maximum atomic E-state index is 12.0. The summed E-state index contributed by atoms with van der Waals surface area (Å²) in [7, 11) is -3.42. The van der Waals surface area contributed by atoms with E-state index in [9.17, 15) is 8.42 Å². The van der Waals surface area contributed by atoms with Gasteiger partial charge in [0.25, 0.3) is 0 Å².